The Morgan fingerprint density at radius 1 is 1.29 bits per heavy atom. The van der Waals surface area contributed by atoms with Gasteiger partial charge >= 0.3 is 12.5 Å². The van der Waals surface area contributed by atoms with Crippen LogP contribution in [-0.2, 0) is 9.53 Å². The first-order valence-corrected chi connectivity index (χ1v) is 9.84. The lowest BCUT2D eigenvalue weighted by Crippen LogP contribution is -2.33. The lowest BCUT2D eigenvalue weighted by molar-refractivity contribution is -0.149. The van der Waals surface area contributed by atoms with Gasteiger partial charge in [0.05, 0.1) is 19.7 Å². The zero-order chi connectivity index (χ0) is 20.4. The van der Waals surface area contributed by atoms with Crippen LogP contribution in [0.3, 0.4) is 0 Å². The molecule has 3 rings (SSSR count). The van der Waals surface area contributed by atoms with Gasteiger partial charge in [0.1, 0.15) is 6.54 Å². The normalized spacial score (nSPS) is 12.4. The number of hydrogen-bond donors (Lipinski definition) is 0. The van der Waals surface area contributed by atoms with Crippen molar-refractivity contribution in [3.63, 3.8) is 0 Å². The number of carbonyl (C=O) groups excluding carboxylic acids is 2. The molecule has 0 aliphatic carbocycles. The van der Waals surface area contributed by atoms with Crippen LogP contribution >= 0.6 is 27.3 Å². The maximum atomic E-state index is 13.5. The van der Waals surface area contributed by atoms with E-state index in [0.29, 0.717) is 10.4 Å². The third kappa shape index (κ3) is 4.22. The van der Waals surface area contributed by atoms with Crippen LogP contribution in [-0.4, -0.2) is 39.9 Å². The minimum Gasteiger partial charge on any atom is -0.453 e. The third-order valence-corrected chi connectivity index (χ3v) is 5.60. The predicted molar refractivity (Wildman–Crippen MR) is 104 cm³/mol. The van der Waals surface area contributed by atoms with Crippen molar-refractivity contribution in [1.82, 2.24) is 14.5 Å². The number of hydrogen-bond acceptors (Lipinski definition) is 5. The molecule has 0 fully saturated rings. The number of thiophene rings is 1. The molecule has 1 atom stereocenters. The van der Waals surface area contributed by atoms with E-state index in [9.17, 15) is 18.4 Å². The second-order valence-electron chi connectivity index (χ2n) is 6.00. The van der Waals surface area contributed by atoms with Gasteiger partial charge in [0.2, 0.25) is 0 Å². The maximum absolute atomic E-state index is 13.5. The van der Waals surface area contributed by atoms with Gasteiger partial charge in [0.15, 0.2) is 11.9 Å². The lowest BCUT2D eigenvalue weighted by atomic mass is 10.3. The Bertz CT molecular complexity index is 1020. The summed E-state index contributed by atoms with van der Waals surface area (Å²) in [7, 11) is 1.47. The quantitative estimate of drug-likeness (QED) is 0.491. The van der Waals surface area contributed by atoms with E-state index < -0.39 is 18.6 Å². The number of carbonyl (C=O) groups is 2. The van der Waals surface area contributed by atoms with Gasteiger partial charge in [-0.25, -0.2) is 4.98 Å². The van der Waals surface area contributed by atoms with Crippen LogP contribution in [0.2, 0.25) is 0 Å². The Hall–Kier alpha value is -2.33. The van der Waals surface area contributed by atoms with Gasteiger partial charge in [-0.15, -0.1) is 11.3 Å². The van der Waals surface area contributed by atoms with Crippen molar-refractivity contribution in [2.24, 2.45) is 0 Å². The highest BCUT2D eigenvalue weighted by Crippen LogP contribution is 2.28. The van der Waals surface area contributed by atoms with Crippen molar-refractivity contribution in [1.29, 1.82) is 0 Å². The van der Waals surface area contributed by atoms with Gasteiger partial charge < -0.3 is 9.64 Å². The molecule has 1 aromatic carbocycles. The molecular formula is C18H16BrF2N3O3S. The van der Waals surface area contributed by atoms with E-state index in [1.807, 2.05) is 0 Å². The molecule has 10 heteroatoms. The number of rotatable bonds is 6. The molecule has 0 N–H and O–H groups in total. The molecule has 0 radical (unpaired) electrons. The van der Waals surface area contributed by atoms with Crippen LogP contribution in [0.5, 0.6) is 0 Å². The van der Waals surface area contributed by atoms with E-state index in [0.717, 1.165) is 8.35 Å². The van der Waals surface area contributed by atoms with Gasteiger partial charge in [-0.3, -0.25) is 14.2 Å². The first-order chi connectivity index (χ1) is 13.3. The Morgan fingerprint density at radius 3 is 2.64 bits per heavy atom. The average Bonchev–Trinajstić information content (AvgIpc) is 3.24. The maximum Gasteiger partial charge on any atom is 0.326 e. The number of para-hydroxylation sites is 2. The highest BCUT2D eigenvalue weighted by atomic mass is 79.9. The molecule has 0 spiro atoms. The summed E-state index contributed by atoms with van der Waals surface area (Å²) in [5.74, 6) is -1.10. The topological polar surface area (TPSA) is 64.4 Å². The summed E-state index contributed by atoms with van der Waals surface area (Å²) in [4.78, 5) is 30.4. The number of imidazole rings is 1. The first kappa shape index (κ1) is 20.4. The standard InChI is InChI=1S/C18H16BrF2N3O3S/c1-10(16-22-11-5-3-4-6-12(11)24(16)18(20)21)27-15(25)9-23(2)17(26)13-7-8-14(19)28-13/h3-8,10,18H,9H2,1-2H3. The number of benzene rings is 1. The van der Waals surface area contributed by atoms with Crippen LogP contribution in [0.25, 0.3) is 11.0 Å². The molecule has 2 aromatic heterocycles. The zero-order valence-electron chi connectivity index (χ0n) is 14.9. The van der Waals surface area contributed by atoms with Crippen molar-refractivity contribution in [3.8, 4) is 0 Å². The number of alkyl halides is 2. The SMILES string of the molecule is CC(OC(=O)CN(C)C(=O)c1ccc(Br)s1)c1nc2ccccc2n1C(F)F. The first-order valence-electron chi connectivity index (χ1n) is 8.23. The second-order valence-corrected chi connectivity index (χ2v) is 8.47. The number of halogens is 3. The van der Waals surface area contributed by atoms with Crippen LogP contribution in [0.15, 0.2) is 40.2 Å². The van der Waals surface area contributed by atoms with Crippen molar-refractivity contribution >= 4 is 50.2 Å². The van der Waals surface area contributed by atoms with E-state index in [-0.39, 0.29) is 23.8 Å². The van der Waals surface area contributed by atoms with E-state index in [1.54, 1.807) is 30.3 Å². The van der Waals surface area contributed by atoms with Crippen LogP contribution in [0, 0.1) is 0 Å². The number of ether oxygens (including phenoxy) is 1. The number of esters is 1. The molecule has 0 aliphatic rings. The van der Waals surface area contributed by atoms with Crippen molar-refractivity contribution in [2.75, 3.05) is 13.6 Å². The Kier molecular flexibility index (Phi) is 6.09. The Labute approximate surface area is 171 Å². The molecule has 1 amide bonds. The molecule has 0 saturated heterocycles. The summed E-state index contributed by atoms with van der Waals surface area (Å²) >= 11 is 4.52. The van der Waals surface area contributed by atoms with Gasteiger partial charge in [-0.05, 0) is 47.1 Å². The van der Waals surface area contributed by atoms with E-state index in [4.69, 9.17) is 4.74 Å². The molecule has 28 heavy (non-hydrogen) atoms. The van der Waals surface area contributed by atoms with E-state index in [1.165, 1.54) is 36.3 Å². The molecule has 3 aromatic rings. The molecule has 2 heterocycles. The summed E-state index contributed by atoms with van der Waals surface area (Å²) in [5.41, 5.74) is 0.641. The number of fused-ring (bicyclic) bond motifs is 1. The molecule has 0 aliphatic heterocycles. The fourth-order valence-corrected chi connectivity index (χ4v) is 4.11. The number of aromatic nitrogens is 2. The molecule has 1 unspecified atom stereocenters. The summed E-state index contributed by atoms with van der Waals surface area (Å²) in [6.07, 6.45) is -1.01. The van der Waals surface area contributed by atoms with Crippen LogP contribution in [0.1, 0.15) is 35.1 Å². The molecule has 148 valence electrons. The zero-order valence-corrected chi connectivity index (χ0v) is 17.3. The minimum absolute atomic E-state index is 0.0549. The molecule has 0 bridgehead atoms. The minimum atomic E-state index is -2.83. The van der Waals surface area contributed by atoms with E-state index >= 15 is 0 Å². The van der Waals surface area contributed by atoms with Gasteiger partial charge in [0.25, 0.3) is 5.91 Å². The van der Waals surface area contributed by atoms with Crippen LogP contribution in [0.4, 0.5) is 8.78 Å². The van der Waals surface area contributed by atoms with Gasteiger partial charge in [-0.1, -0.05) is 12.1 Å². The van der Waals surface area contributed by atoms with E-state index in [2.05, 4.69) is 20.9 Å². The Morgan fingerprint density at radius 2 is 2.00 bits per heavy atom. The van der Waals surface area contributed by atoms with Crippen LogP contribution < -0.4 is 0 Å². The number of amides is 1. The van der Waals surface area contributed by atoms with Crippen molar-refractivity contribution in [2.45, 2.75) is 19.6 Å². The smallest absolute Gasteiger partial charge is 0.326 e. The number of nitrogens with zero attached hydrogens (tertiary/aromatic N) is 3. The largest absolute Gasteiger partial charge is 0.453 e. The van der Waals surface area contributed by atoms with Crippen molar-refractivity contribution < 1.29 is 23.1 Å². The molecular weight excluding hydrogens is 456 g/mol. The average molecular weight is 472 g/mol. The fraction of sp³-hybridized carbons (Fsp3) is 0.278. The lowest BCUT2D eigenvalue weighted by Gasteiger charge is -2.18. The van der Waals surface area contributed by atoms with Crippen molar-refractivity contribution in [3.05, 3.63) is 50.9 Å². The predicted octanol–water partition coefficient (Wildman–Crippen LogP) is 4.63. The van der Waals surface area contributed by atoms with Gasteiger partial charge in [-0.2, -0.15) is 8.78 Å². The number of likely N-dealkylation sites (N-methyl/N-ethyl adjacent to an activating group) is 1. The summed E-state index contributed by atoms with van der Waals surface area (Å²) in [5, 5.41) is 0. The Balaban J connectivity index is 1.71. The third-order valence-electron chi connectivity index (χ3n) is 3.99. The molecule has 6 nitrogen and oxygen atoms in total. The fourth-order valence-electron chi connectivity index (χ4n) is 2.72. The highest BCUT2D eigenvalue weighted by molar-refractivity contribution is 9.11. The van der Waals surface area contributed by atoms with Gasteiger partial charge in [0, 0.05) is 7.05 Å². The highest BCUT2D eigenvalue weighted by Gasteiger charge is 2.25. The molecule has 0 saturated carbocycles. The summed E-state index contributed by atoms with van der Waals surface area (Å²) < 4.78 is 33.8. The summed E-state index contributed by atoms with van der Waals surface area (Å²) in [6, 6.07) is 9.84. The summed E-state index contributed by atoms with van der Waals surface area (Å²) in [6.45, 7) is -1.67. The second kappa shape index (κ2) is 8.36. The monoisotopic (exact) mass is 471 g/mol.